The van der Waals surface area contributed by atoms with Crippen LogP contribution < -0.4 is 0 Å². The first kappa shape index (κ1) is 12.0. The van der Waals surface area contributed by atoms with Gasteiger partial charge in [-0.1, -0.05) is 0 Å². The second kappa shape index (κ2) is 4.27. The average Bonchev–Trinajstić information content (AvgIpc) is 1.85. The van der Waals surface area contributed by atoms with Gasteiger partial charge in [0, 0.05) is 12.2 Å². The molecule has 0 aliphatic heterocycles. The topological polar surface area (TPSA) is 20.2 Å². The monoisotopic (exact) mass is 210 g/mol. The Kier molecular flexibility index (Phi) is 4.25. The molecule has 0 aromatic carbocycles. The third-order valence-electron chi connectivity index (χ3n) is 1.14. The van der Waals surface area contributed by atoms with Gasteiger partial charge in [0.15, 0.2) is 0 Å². The minimum absolute atomic E-state index is 0.119. The van der Waals surface area contributed by atoms with Gasteiger partial charge in [0.05, 0.1) is 0 Å². The van der Waals surface area contributed by atoms with Crippen LogP contribution in [0, 0.1) is 0 Å². The molecule has 0 spiro atoms. The van der Waals surface area contributed by atoms with Crippen molar-refractivity contribution in [1.82, 2.24) is 0 Å². The summed E-state index contributed by atoms with van der Waals surface area (Å²) in [4.78, 5) is 0. The van der Waals surface area contributed by atoms with Gasteiger partial charge in [-0.25, -0.2) is 0 Å². The van der Waals surface area contributed by atoms with Crippen molar-refractivity contribution >= 4 is 12.0 Å². The highest BCUT2D eigenvalue weighted by Crippen LogP contribution is 2.38. The van der Waals surface area contributed by atoms with Gasteiger partial charge < -0.3 is 4.55 Å². The molecular formula is C5H7F5OS. The zero-order chi connectivity index (χ0) is 9.83. The first-order valence-corrected chi connectivity index (χ1v) is 3.96. The van der Waals surface area contributed by atoms with Crippen LogP contribution in [0.2, 0.25) is 0 Å². The van der Waals surface area contributed by atoms with E-state index in [4.69, 9.17) is 4.55 Å². The van der Waals surface area contributed by atoms with Crippen LogP contribution in [0.3, 0.4) is 0 Å². The highest BCUT2D eigenvalue weighted by atomic mass is 32.2. The highest BCUT2D eigenvalue weighted by molar-refractivity contribution is 7.93. The number of alkyl halides is 5. The van der Waals surface area contributed by atoms with Crippen molar-refractivity contribution in [1.29, 1.82) is 0 Å². The van der Waals surface area contributed by atoms with E-state index in [0.29, 0.717) is 0 Å². The van der Waals surface area contributed by atoms with Gasteiger partial charge in [0.25, 0.3) is 0 Å². The molecule has 0 aliphatic carbocycles. The molecule has 0 saturated heterocycles. The smallest absolute Gasteiger partial charge is 0.330 e. The maximum Gasteiger partial charge on any atom is 0.453 e. The summed E-state index contributed by atoms with van der Waals surface area (Å²) in [5, 5.41) is 0. The van der Waals surface area contributed by atoms with Crippen molar-refractivity contribution in [2.45, 2.75) is 24.9 Å². The lowest BCUT2D eigenvalue weighted by molar-refractivity contribution is -0.284. The summed E-state index contributed by atoms with van der Waals surface area (Å²) in [6.07, 6.45) is -7.12. The molecule has 0 unspecified atom stereocenters. The van der Waals surface area contributed by atoms with E-state index in [1.54, 1.807) is 0 Å². The molecule has 1 nitrogen and oxygen atoms in total. The van der Waals surface area contributed by atoms with Gasteiger partial charge >= 0.3 is 12.1 Å². The summed E-state index contributed by atoms with van der Waals surface area (Å²) in [7, 11) is 0. The fourth-order valence-electron chi connectivity index (χ4n) is 0.500. The Morgan fingerprint density at radius 1 is 1.08 bits per heavy atom. The van der Waals surface area contributed by atoms with Crippen molar-refractivity contribution in [3.05, 3.63) is 0 Å². The molecule has 0 fully saturated rings. The van der Waals surface area contributed by atoms with Crippen LogP contribution in [0.15, 0.2) is 0 Å². The summed E-state index contributed by atoms with van der Waals surface area (Å²) in [5.41, 5.74) is 0. The number of rotatable bonds is 4. The standard InChI is InChI=1S/C5H7F5OS/c6-4(7,5(8,9)10)2-1-3-12-11/h11H,1-3H2. The van der Waals surface area contributed by atoms with Gasteiger partial charge in [0.1, 0.15) is 0 Å². The molecule has 74 valence electrons. The van der Waals surface area contributed by atoms with Gasteiger partial charge in [-0.2, -0.15) is 22.0 Å². The van der Waals surface area contributed by atoms with Crippen molar-refractivity contribution in [2.75, 3.05) is 5.75 Å². The maximum absolute atomic E-state index is 12.0. The Bertz CT molecular complexity index is 134. The van der Waals surface area contributed by atoms with Crippen LogP contribution in [-0.2, 0) is 0 Å². The highest BCUT2D eigenvalue weighted by Gasteiger charge is 2.56. The van der Waals surface area contributed by atoms with Gasteiger partial charge in [-0.15, -0.1) is 0 Å². The van der Waals surface area contributed by atoms with Crippen LogP contribution in [0.1, 0.15) is 12.8 Å². The van der Waals surface area contributed by atoms with Gasteiger partial charge in [-0.3, -0.25) is 0 Å². The van der Waals surface area contributed by atoms with Crippen LogP contribution in [0.4, 0.5) is 22.0 Å². The van der Waals surface area contributed by atoms with Crippen LogP contribution in [0.25, 0.3) is 0 Å². The van der Waals surface area contributed by atoms with E-state index < -0.39 is 18.5 Å². The average molecular weight is 210 g/mol. The summed E-state index contributed by atoms with van der Waals surface area (Å²) >= 11 is 0.252. The Labute approximate surface area is 70.2 Å². The Morgan fingerprint density at radius 3 is 1.92 bits per heavy atom. The fraction of sp³-hybridized carbons (Fsp3) is 1.00. The molecule has 0 rings (SSSR count). The molecule has 0 saturated carbocycles. The second-order valence-corrected chi connectivity index (χ2v) is 2.81. The lowest BCUT2D eigenvalue weighted by atomic mass is 10.2. The predicted octanol–water partition coefficient (Wildman–Crippen LogP) is 3.17. The van der Waals surface area contributed by atoms with Crippen molar-refractivity contribution < 1.29 is 26.5 Å². The quantitative estimate of drug-likeness (QED) is 0.437. The fourth-order valence-corrected chi connectivity index (χ4v) is 0.774. The van der Waals surface area contributed by atoms with Gasteiger partial charge in [0.2, 0.25) is 0 Å². The summed E-state index contributed by atoms with van der Waals surface area (Å²) < 4.78 is 66.5. The molecule has 0 aliphatic rings. The molecule has 0 amide bonds. The summed E-state index contributed by atoms with van der Waals surface area (Å²) in [6, 6.07) is 0. The van der Waals surface area contributed by atoms with Crippen molar-refractivity contribution in [2.24, 2.45) is 0 Å². The van der Waals surface area contributed by atoms with E-state index in [1.165, 1.54) is 0 Å². The second-order valence-electron chi connectivity index (χ2n) is 2.14. The number of hydrogen-bond acceptors (Lipinski definition) is 2. The molecule has 0 aromatic rings. The number of hydrogen-bond donors (Lipinski definition) is 1. The molecular weight excluding hydrogens is 203 g/mol. The van der Waals surface area contributed by atoms with E-state index >= 15 is 0 Å². The largest absolute Gasteiger partial charge is 0.453 e. The third-order valence-corrected chi connectivity index (χ3v) is 1.61. The summed E-state index contributed by atoms with van der Waals surface area (Å²) in [5.74, 6) is -4.76. The Hall–Kier alpha value is -0.0400. The van der Waals surface area contributed by atoms with E-state index in [-0.39, 0.29) is 24.2 Å². The van der Waals surface area contributed by atoms with Crippen LogP contribution in [0.5, 0.6) is 0 Å². The predicted molar refractivity (Wildman–Crippen MR) is 35.3 cm³/mol. The Morgan fingerprint density at radius 2 is 1.58 bits per heavy atom. The number of halogens is 5. The zero-order valence-electron chi connectivity index (χ0n) is 5.87. The third kappa shape index (κ3) is 3.57. The molecule has 0 atom stereocenters. The van der Waals surface area contributed by atoms with Crippen molar-refractivity contribution in [3.63, 3.8) is 0 Å². The normalized spacial score (nSPS) is 13.5. The molecule has 0 radical (unpaired) electrons. The first-order chi connectivity index (χ1) is 5.31. The molecule has 0 heterocycles. The van der Waals surface area contributed by atoms with Crippen LogP contribution >= 0.6 is 12.0 Å². The summed E-state index contributed by atoms with van der Waals surface area (Å²) in [6.45, 7) is 0. The molecule has 7 heteroatoms. The first-order valence-electron chi connectivity index (χ1n) is 3.02. The molecule has 0 bridgehead atoms. The zero-order valence-corrected chi connectivity index (χ0v) is 6.68. The van der Waals surface area contributed by atoms with E-state index in [1.807, 2.05) is 0 Å². The van der Waals surface area contributed by atoms with E-state index in [0.717, 1.165) is 0 Å². The van der Waals surface area contributed by atoms with E-state index in [9.17, 15) is 22.0 Å². The van der Waals surface area contributed by atoms with Gasteiger partial charge in [-0.05, 0) is 18.5 Å². The van der Waals surface area contributed by atoms with Crippen LogP contribution in [-0.4, -0.2) is 22.4 Å². The Balaban J connectivity index is 3.88. The lowest BCUT2D eigenvalue weighted by Gasteiger charge is -2.18. The maximum atomic E-state index is 12.0. The van der Waals surface area contributed by atoms with Crippen molar-refractivity contribution in [3.8, 4) is 0 Å². The van der Waals surface area contributed by atoms with E-state index in [2.05, 4.69) is 0 Å². The SMILES string of the molecule is OSCCCC(F)(F)C(F)(F)F. The molecule has 1 N–H and O–H groups in total. The molecule has 12 heavy (non-hydrogen) atoms. The molecule has 0 aromatic heterocycles. The minimum atomic E-state index is -5.48. The lowest BCUT2D eigenvalue weighted by Crippen LogP contribution is -2.36. The minimum Gasteiger partial charge on any atom is -0.330 e.